The lowest BCUT2D eigenvalue weighted by Gasteiger charge is -2.38. The maximum atomic E-state index is 12.5. The first kappa shape index (κ1) is 14.5. The van der Waals surface area contributed by atoms with Gasteiger partial charge in [-0.15, -0.1) is 11.3 Å². The van der Waals surface area contributed by atoms with E-state index in [1.165, 1.54) is 11.3 Å². The molecule has 0 spiro atoms. The summed E-state index contributed by atoms with van der Waals surface area (Å²) in [5.41, 5.74) is 3.16. The Morgan fingerprint density at radius 3 is 3.10 bits per heavy atom. The molecule has 1 amide bonds. The molecule has 21 heavy (non-hydrogen) atoms. The van der Waals surface area contributed by atoms with Crippen LogP contribution in [0.25, 0.3) is 0 Å². The molecule has 0 aliphatic carbocycles. The van der Waals surface area contributed by atoms with Crippen molar-refractivity contribution in [3.8, 4) is 0 Å². The first-order chi connectivity index (χ1) is 10.1. The smallest absolute Gasteiger partial charge is 0.273 e. The van der Waals surface area contributed by atoms with Crippen molar-refractivity contribution in [1.29, 1.82) is 0 Å². The number of benzene rings is 1. The van der Waals surface area contributed by atoms with Gasteiger partial charge < -0.3 is 9.64 Å². The van der Waals surface area contributed by atoms with Crippen LogP contribution in [0.4, 0.5) is 0 Å². The Hall–Kier alpha value is -1.43. The van der Waals surface area contributed by atoms with E-state index >= 15 is 0 Å². The summed E-state index contributed by atoms with van der Waals surface area (Å²) in [5.74, 6) is -0.0425. The Morgan fingerprint density at radius 2 is 2.38 bits per heavy atom. The van der Waals surface area contributed by atoms with Crippen LogP contribution in [-0.2, 0) is 4.74 Å². The molecule has 1 aromatic heterocycles. The first-order valence-corrected chi connectivity index (χ1v) is 8.03. The minimum Gasteiger partial charge on any atom is -0.370 e. The summed E-state index contributed by atoms with van der Waals surface area (Å²) in [6.45, 7) is 3.00. The molecular weight excluding hydrogens is 308 g/mol. The van der Waals surface area contributed by atoms with Crippen LogP contribution in [0.1, 0.15) is 29.1 Å². The summed E-state index contributed by atoms with van der Waals surface area (Å²) in [6.07, 6.45) is -0.150. The number of thiazole rings is 1. The zero-order valence-corrected chi connectivity index (χ0v) is 13.1. The van der Waals surface area contributed by atoms with E-state index in [9.17, 15) is 4.79 Å². The van der Waals surface area contributed by atoms with Crippen molar-refractivity contribution in [2.45, 2.75) is 19.1 Å². The van der Waals surface area contributed by atoms with E-state index in [1.807, 2.05) is 36.1 Å². The van der Waals surface area contributed by atoms with Crippen molar-refractivity contribution >= 4 is 28.8 Å². The van der Waals surface area contributed by atoms with Gasteiger partial charge in [0.15, 0.2) is 0 Å². The van der Waals surface area contributed by atoms with Gasteiger partial charge in [0, 0.05) is 10.4 Å². The third-order valence-electron chi connectivity index (χ3n) is 3.57. The van der Waals surface area contributed by atoms with Crippen molar-refractivity contribution < 1.29 is 9.53 Å². The summed E-state index contributed by atoms with van der Waals surface area (Å²) in [4.78, 5) is 18.4. The fourth-order valence-electron chi connectivity index (χ4n) is 2.41. The van der Waals surface area contributed by atoms with Gasteiger partial charge in [-0.25, -0.2) is 4.98 Å². The Labute approximate surface area is 132 Å². The van der Waals surface area contributed by atoms with Gasteiger partial charge in [-0.3, -0.25) is 4.79 Å². The third kappa shape index (κ3) is 3.10. The number of carbonyl (C=O) groups excluding carboxylic acids is 1. The van der Waals surface area contributed by atoms with Gasteiger partial charge in [0.1, 0.15) is 11.8 Å². The topological polar surface area (TPSA) is 42.4 Å². The zero-order valence-electron chi connectivity index (χ0n) is 11.5. The van der Waals surface area contributed by atoms with Crippen LogP contribution >= 0.6 is 22.9 Å². The summed E-state index contributed by atoms with van der Waals surface area (Å²) in [7, 11) is 0. The van der Waals surface area contributed by atoms with Crippen LogP contribution < -0.4 is 0 Å². The Morgan fingerprint density at radius 1 is 1.52 bits per heavy atom. The SMILES string of the molecule is C[C@@H]1CO[C@H](c2cccc(Cl)c2)CN1C(=O)c1cscn1. The van der Waals surface area contributed by atoms with Crippen LogP contribution in [-0.4, -0.2) is 35.0 Å². The molecule has 4 nitrogen and oxygen atoms in total. The standard InChI is InChI=1S/C15H15ClN2O2S/c1-10-7-20-14(11-3-2-4-12(16)5-11)6-18(10)15(19)13-8-21-9-17-13/h2-5,8-10,14H,6-7H2,1H3/t10-,14+/m1/s1. The fourth-order valence-corrected chi connectivity index (χ4v) is 3.14. The predicted octanol–water partition coefficient (Wildman–Crippen LogP) is 3.40. The lowest BCUT2D eigenvalue weighted by Crippen LogP contribution is -2.48. The van der Waals surface area contributed by atoms with Gasteiger partial charge in [0.25, 0.3) is 5.91 Å². The van der Waals surface area contributed by atoms with Crippen molar-refractivity contribution in [3.63, 3.8) is 0 Å². The molecule has 1 fully saturated rings. The highest BCUT2D eigenvalue weighted by atomic mass is 35.5. The number of halogens is 1. The highest BCUT2D eigenvalue weighted by Gasteiger charge is 2.31. The van der Waals surface area contributed by atoms with Gasteiger partial charge in [0.2, 0.25) is 0 Å². The van der Waals surface area contributed by atoms with E-state index in [4.69, 9.17) is 16.3 Å². The highest BCUT2D eigenvalue weighted by molar-refractivity contribution is 7.07. The summed E-state index contributed by atoms with van der Waals surface area (Å²) in [5, 5.41) is 2.45. The molecule has 3 rings (SSSR count). The van der Waals surface area contributed by atoms with E-state index in [0.29, 0.717) is 23.9 Å². The van der Waals surface area contributed by atoms with Crippen LogP contribution in [0, 0.1) is 0 Å². The average molecular weight is 323 g/mol. The number of nitrogens with zero attached hydrogens (tertiary/aromatic N) is 2. The Kier molecular flexibility index (Phi) is 4.24. The number of morpholine rings is 1. The summed E-state index contributed by atoms with van der Waals surface area (Å²) >= 11 is 7.45. The average Bonchev–Trinajstić information content (AvgIpc) is 3.01. The van der Waals surface area contributed by atoms with E-state index in [1.54, 1.807) is 10.9 Å². The Balaban J connectivity index is 1.80. The molecule has 2 aromatic rings. The fraction of sp³-hybridized carbons (Fsp3) is 0.333. The van der Waals surface area contributed by atoms with Gasteiger partial charge in [-0.2, -0.15) is 0 Å². The highest BCUT2D eigenvalue weighted by Crippen LogP contribution is 2.27. The van der Waals surface area contributed by atoms with Crippen LogP contribution in [0.15, 0.2) is 35.2 Å². The summed E-state index contributed by atoms with van der Waals surface area (Å²) in [6, 6.07) is 7.61. The van der Waals surface area contributed by atoms with Crippen LogP contribution in [0.2, 0.25) is 5.02 Å². The van der Waals surface area contributed by atoms with Crippen LogP contribution in [0.5, 0.6) is 0 Å². The molecule has 1 aliphatic heterocycles. The second kappa shape index (κ2) is 6.13. The van der Waals surface area contributed by atoms with E-state index in [0.717, 1.165) is 5.56 Å². The third-order valence-corrected chi connectivity index (χ3v) is 4.39. The lowest BCUT2D eigenvalue weighted by atomic mass is 10.1. The second-order valence-electron chi connectivity index (χ2n) is 5.06. The molecule has 110 valence electrons. The van der Waals surface area contributed by atoms with Crippen LogP contribution in [0.3, 0.4) is 0 Å². The van der Waals surface area contributed by atoms with E-state index in [2.05, 4.69) is 4.98 Å². The summed E-state index contributed by atoms with van der Waals surface area (Å²) < 4.78 is 5.86. The molecule has 1 aliphatic rings. The molecule has 0 radical (unpaired) electrons. The Bertz CT molecular complexity index is 632. The van der Waals surface area contributed by atoms with Gasteiger partial charge in [0.05, 0.1) is 24.7 Å². The van der Waals surface area contributed by atoms with Gasteiger partial charge in [-0.1, -0.05) is 23.7 Å². The molecule has 6 heteroatoms. The largest absolute Gasteiger partial charge is 0.370 e. The lowest BCUT2D eigenvalue weighted by molar-refractivity contribution is -0.0488. The normalized spacial score (nSPS) is 22.3. The zero-order chi connectivity index (χ0) is 14.8. The van der Waals surface area contributed by atoms with E-state index < -0.39 is 0 Å². The molecule has 0 unspecified atom stereocenters. The van der Waals surface area contributed by atoms with E-state index in [-0.39, 0.29) is 18.1 Å². The predicted molar refractivity (Wildman–Crippen MR) is 82.8 cm³/mol. The van der Waals surface area contributed by atoms with Crippen molar-refractivity contribution in [2.75, 3.05) is 13.2 Å². The minimum absolute atomic E-state index is 0.0367. The molecule has 1 aromatic carbocycles. The number of hydrogen-bond donors (Lipinski definition) is 0. The van der Waals surface area contributed by atoms with Gasteiger partial charge in [-0.05, 0) is 24.6 Å². The monoisotopic (exact) mass is 322 g/mol. The molecule has 0 N–H and O–H groups in total. The molecule has 2 atom stereocenters. The number of hydrogen-bond acceptors (Lipinski definition) is 4. The molecule has 2 heterocycles. The van der Waals surface area contributed by atoms with Crippen molar-refractivity contribution in [1.82, 2.24) is 9.88 Å². The van der Waals surface area contributed by atoms with Crippen molar-refractivity contribution in [2.24, 2.45) is 0 Å². The molecular formula is C15H15ClN2O2S. The van der Waals surface area contributed by atoms with Gasteiger partial charge >= 0.3 is 0 Å². The first-order valence-electron chi connectivity index (χ1n) is 6.71. The van der Waals surface area contributed by atoms with Crippen molar-refractivity contribution in [3.05, 3.63) is 51.4 Å². The number of rotatable bonds is 2. The molecule has 0 bridgehead atoms. The number of amides is 1. The number of ether oxygens (including phenoxy) is 1. The number of carbonyl (C=O) groups is 1. The molecule has 0 saturated carbocycles. The maximum absolute atomic E-state index is 12.5. The second-order valence-corrected chi connectivity index (χ2v) is 6.21. The minimum atomic E-state index is -0.150. The quantitative estimate of drug-likeness (QED) is 0.851. The maximum Gasteiger partial charge on any atom is 0.273 e. The molecule has 1 saturated heterocycles. The number of aromatic nitrogens is 1.